The van der Waals surface area contributed by atoms with Crippen LogP contribution in [0.2, 0.25) is 0 Å². The van der Waals surface area contributed by atoms with Gasteiger partial charge in [-0.3, -0.25) is 0 Å². The molecule has 7 heteroatoms. The number of aromatic nitrogens is 2. The summed E-state index contributed by atoms with van der Waals surface area (Å²) in [6.07, 6.45) is 2.50. The molecule has 1 atom stereocenters. The van der Waals surface area contributed by atoms with Crippen molar-refractivity contribution in [2.45, 2.75) is 12.5 Å². The molecule has 0 amide bonds. The molecule has 1 aliphatic rings. The van der Waals surface area contributed by atoms with Crippen molar-refractivity contribution in [3.63, 3.8) is 0 Å². The highest BCUT2D eigenvalue weighted by Gasteiger charge is 2.23. The van der Waals surface area contributed by atoms with E-state index in [1.807, 2.05) is 7.05 Å². The van der Waals surface area contributed by atoms with Crippen molar-refractivity contribution >= 4 is 27.6 Å². The molecule has 0 spiro atoms. The van der Waals surface area contributed by atoms with Crippen LogP contribution in [0.4, 0.5) is 11.6 Å². The molecule has 1 fully saturated rings. The van der Waals surface area contributed by atoms with Crippen molar-refractivity contribution in [1.29, 1.82) is 0 Å². The molecule has 88 valence electrons. The molecular formula is C9H14BrN5O. The van der Waals surface area contributed by atoms with E-state index in [1.165, 1.54) is 6.33 Å². The molecule has 16 heavy (non-hydrogen) atoms. The average Bonchev–Trinajstić information content (AvgIpc) is 2.82. The van der Waals surface area contributed by atoms with Crippen molar-refractivity contribution < 1.29 is 4.74 Å². The first-order valence-electron chi connectivity index (χ1n) is 5.01. The number of likely N-dealkylation sites (N-methyl/N-ethyl adjacent to an activating group) is 1. The van der Waals surface area contributed by atoms with E-state index in [2.05, 4.69) is 36.2 Å². The average molecular weight is 288 g/mol. The molecule has 2 heterocycles. The standard InChI is InChI=1S/C9H14BrN5O/c1-15(6-2-3-16-4-6)9-7(10)8(14-11)12-5-13-9/h5-6H,2-4,11H2,1H3,(H,12,13,14). The Balaban J connectivity index is 2.25. The second kappa shape index (κ2) is 4.94. The minimum Gasteiger partial charge on any atom is -0.379 e. The summed E-state index contributed by atoms with van der Waals surface area (Å²) in [7, 11) is 1.99. The smallest absolute Gasteiger partial charge is 0.159 e. The molecule has 0 aromatic carbocycles. The van der Waals surface area contributed by atoms with E-state index in [-0.39, 0.29) is 0 Å². The molecule has 0 radical (unpaired) electrons. The van der Waals surface area contributed by atoms with Crippen molar-refractivity contribution in [1.82, 2.24) is 9.97 Å². The Morgan fingerprint density at radius 3 is 3.06 bits per heavy atom. The van der Waals surface area contributed by atoms with Crippen LogP contribution in [0.3, 0.4) is 0 Å². The minimum atomic E-state index is 0.358. The zero-order valence-electron chi connectivity index (χ0n) is 8.98. The molecule has 6 nitrogen and oxygen atoms in total. The molecule has 3 N–H and O–H groups in total. The molecule has 0 saturated carbocycles. The highest BCUT2D eigenvalue weighted by atomic mass is 79.9. The number of ether oxygens (including phenoxy) is 1. The van der Waals surface area contributed by atoms with Gasteiger partial charge < -0.3 is 15.1 Å². The van der Waals surface area contributed by atoms with Gasteiger partial charge >= 0.3 is 0 Å². The fraction of sp³-hybridized carbons (Fsp3) is 0.556. The number of halogens is 1. The lowest BCUT2D eigenvalue weighted by atomic mass is 10.2. The van der Waals surface area contributed by atoms with Gasteiger partial charge in [-0.2, -0.15) is 0 Å². The third-order valence-corrected chi connectivity index (χ3v) is 3.43. The summed E-state index contributed by atoms with van der Waals surface area (Å²) < 4.78 is 6.13. The number of nitrogens with one attached hydrogen (secondary N) is 1. The molecule has 1 aromatic heterocycles. The van der Waals surface area contributed by atoms with Gasteiger partial charge in [0.2, 0.25) is 0 Å². The fourth-order valence-electron chi connectivity index (χ4n) is 1.71. The molecule has 1 aliphatic heterocycles. The normalized spacial score (nSPS) is 19.8. The highest BCUT2D eigenvalue weighted by Crippen LogP contribution is 2.30. The first kappa shape index (κ1) is 11.6. The minimum absolute atomic E-state index is 0.358. The van der Waals surface area contributed by atoms with Crippen LogP contribution in [0.25, 0.3) is 0 Å². The van der Waals surface area contributed by atoms with Gasteiger partial charge in [-0.25, -0.2) is 15.8 Å². The van der Waals surface area contributed by atoms with Crippen LogP contribution in [0, 0.1) is 0 Å². The summed E-state index contributed by atoms with van der Waals surface area (Å²) >= 11 is 3.44. The Morgan fingerprint density at radius 2 is 2.44 bits per heavy atom. The molecule has 0 bridgehead atoms. The predicted molar refractivity (Wildman–Crippen MR) is 65.2 cm³/mol. The lowest BCUT2D eigenvalue weighted by Gasteiger charge is -2.25. The van der Waals surface area contributed by atoms with Gasteiger partial charge in [-0.1, -0.05) is 0 Å². The second-order valence-electron chi connectivity index (χ2n) is 3.63. The lowest BCUT2D eigenvalue weighted by molar-refractivity contribution is 0.193. The van der Waals surface area contributed by atoms with E-state index in [9.17, 15) is 0 Å². The maximum absolute atomic E-state index is 5.36. The molecule has 0 aliphatic carbocycles. The number of rotatable bonds is 3. The first-order chi connectivity index (χ1) is 7.74. The topological polar surface area (TPSA) is 76.3 Å². The summed E-state index contributed by atoms with van der Waals surface area (Å²) in [4.78, 5) is 10.3. The van der Waals surface area contributed by atoms with Crippen molar-refractivity contribution in [2.24, 2.45) is 5.84 Å². The number of nitrogen functional groups attached to an aromatic ring is 1. The largest absolute Gasteiger partial charge is 0.379 e. The van der Waals surface area contributed by atoms with Crippen LogP contribution in [0.5, 0.6) is 0 Å². The summed E-state index contributed by atoms with van der Waals surface area (Å²) in [5.74, 6) is 6.76. The maximum atomic E-state index is 5.36. The van der Waals surface area contributed by atoms with Crippen LogP contribution in [-0.2, 0) is 4.74 Å². The second-order valence-corrected chi connectivity index (χ2v) is 4.43. The van der Waals surface area contributed by atoms with E-state index >= 15 is 0 Å². The molecule has 1 saturated heterocycles. The molecule has 1 aromatic rings. The van der Waals surface area contributed by atoms with Crippen LogP contribution in [0.15, 0.2) is 10.8 Å². The highest BCUT2D eigenvalue weighted by molar-refractivity contribution is 9.10. The quantitative estimate of drug-likeness (QED) is 0.631. The molecule has 1 unspecified atom stereocenters. The number of nitrogens with zero attached hydrogens (tertiary/aromatic N) is 3. The third-order valence-electron chi connectivity index (χ3n) is 2.70. The number of nitrogens with two attached hydrogens (primary N) is 1. The predicted octanol–water partition coefficient (Wildman–Crippen LogP) is 0.750. The maximum Gasteiger partial charge on any atom is 0.159 e. The van der Waals surface area contributed by atoms with Gasteiger partial charge in [0.05, 0.1) is 12.6 Å². The number of hydrogen-bond acceptors (Lipinski definition) is 6. The zero-order chi connectivity index (χ0) is 11.5. The van der Waals surface area contributed by atoms with E-state index < -0.39 is 0 Å². The summed E-state index contributed by atoms with van der Waals surface area (Å²) in [6.45, 7) is 1.54. The monoisotopic (exact) mass is 287 g/mol. The van der Waals surface area contributed by atoms with E-state index in [0.29, 0.717) is 11.9 Å². The Bertz CT molecular complexity index is 369. The number of anilines is 2. The zero-order valence-corrected chi connectivity index (χ0v) is 10.6. The summed E-state index contributed by atoms with van der Waals surface area (Å²) in [5, 5.41) is 0. The Hall–Kier alpha value is -0.920. The fourth-order valence-corrected chi connectivity index (χ4v) is 2.31. The summed E-state index contributed by atoms with van der Waals surface area (Å²) in [6, 6.07) is 0.358. The molecular weight excluding hydrogens is 274 g/mol. The lowest BCUT2D eigenvalue weighted by Crippen LogP contribution is -2.33. The number of hydrogen-bond donors (Lipinski definition) is 2. The van der Waals surface area contributed by atoms with E-state index in [1.54, 1.807) is 0 Å². The number of hydrazine groups is 1. The van der Waals surface area contributed by atoms with Gasteiger partial charge in [-0.05, 0) is 22.4 Å². The Kier molecular flexibility index (Phi) is 3.57. The first-order valence-corrected chi connectivity index (χ1v) is 5.81. The van der Waals surface area contributed by atoms with Gasteiger partial charge in [0, 0.05) is 13.7 Å². The van der Waals surface area contributed by atoms with Crippen LogP contribution >= 0.6 is 15.9 Å². The van der Waals surface area contributed by atoms with E-state index in [4.69, 9.17) is 10.6 Å². The van der Waals surface area contributed by atoms with Crippen LogP contribution in [0.1, 0.15) is 6.42 Å². The van der Waals surface area contributed by atoms with Gasteiger partial charge in [0.15, 0.2) is 5.82 Å². The van der Waals surface area contributed by atoms with Gasteiger partial charge in [-0.15, -0.1) is 0 Å². The van der Waals surface area contributed by atoms with Crippen molar-refractivity contribution in [3.8, 4) is 0 Å². The van der Waals surface area contributed by atoms with Crippen molar-refractivity contribution in [2.75, 3.05) is 30.6 Å². The Labute approximate surface area is 102 Å². The van der Waals surface area contributed by atoms with Gasteiger partial charge in [0.1, 0.15) is 16.6 Å². The van der Waals surface area contributed by atoms with E-state index in [0.717, 1.165) is 29.9 Å². The SMILES string of the molecule is CN(c1ncnc(NN)c1Br)C1CCOC1. The summed E-state index contributed by atoms with van der Waals surface area (Å²) in [5.41, 5.74) is 2.53. The third kappa shape index (κ3) is 2.11. The van der Waals surface area contributed by atoms with Crippen LogP contribution in [-0.4, -0.2) is 36.3 Å². The Morgan fingerprint density at radius 1 is 1.62 bits per heavy atom. The molecule has 2 rings (SSSR count). The van der Waals surface area contributed by atoms with Gasteiger partial charge in [0.25, 0.3) is 0 Å². The van der Waals surface area contributed by atoms with Crippen molar-refractivity contribution in [3.05, 3.63) is 10.8 Å². The van der Waals surface area contributed by atoms with Crippen LogP contribution < -0.4 is 16.2 Å².